The Labute approximate surface area is 199 Å². The molecule has 1 fully saturated rings. The van der Waals surface area contributed by atoms with Crippen molar-refractivity contribution < 1.29 is 19.1 Å². The number of benzene rings is 2. The number of nitrogens with zero attached hydrogens (tertiary/aromatic N) is 4. The summed E-state index contributed by atoms with van der Waals surface area (Å²) in [7, 11) is 5.10. The molecule has 0 radical (unpaired) electrons. The maximum Gasteiger partial charge on any atom is 0.255 e. The monoisotopic (exact) mass is 465 g/mol. The van der Waals surface area contributed by atoms with Gasteiger partial charge in [-0.3, -0.25) is 14.5 Å². The van der Waals surface area contributed by atoms with Crippen LogP contribution < -0.4 is 14.8 Å². The van der Waals surface area contributed by atoms with E-state index in [0.29, 0.717) is 35.7 Å². The number of imidazole rings is 1. The lowest BCUT2D eigenvalue weighted by Crippen LogP contribution is -2.48. The van der Waals surface area contributed by atoms with E-state index in [2.05, 4.69) is 14.8 Å². The van der Waals surface area contributed by atoms with E-state index in [-0.39, 0.29) is 11.8 Å². The first-order valence-corrected chi connectivity index (χ1v) is 11.4. The zero-order chi connectivity index (χ0) is 24.2. The van der Waals surface area contributed by atoms with Crippen molar-refractivity contribution in [2.24, 2.45) is 7.05 Å². The van der Waals surface area contributed by atoms with E-state index in [9.17, 15) is 9.59 Å². The van der Waals surface area contributed by atoms with Crippen molar-refractivity contribution in [3.8, 4) is 11.5 Å². The van der Waals surface area contributed by atoms with Crippen LogP contribution in [-0.4, -0.2) is 71.6 Å². The van der Waals surface area contributed by atoms with Gasteiger partial charge in [-0.15, -0.1) is 0 Å². The Morgan fingerprint density at radius 1 is 1.00 bits per heavy atom. The molecule has 9 nitrogen and oxygen atoms in total. The fraction of sp³-hybridized carbons (Fsp3) is 0.400. The number of ether oxygens (including phenoxy) is 2. The number of nitrogens with one attached hydrogen (secondary N) is 1. The molecular formula is C25H31N5O4. The highest BCUT2D eigenvalue weighted by Crippen LogP contribution is 2.28. The molecule has 0 aliphatic carbocycles. The smallest absolute Gasteiger partial charge is 0.255 e. The van der Waals surface area contributed by atoms with E-state index in [0.717, 1.165) is 43.0 Å². The number of carbonyl (C=O) groups excluding carboxylic acids is 2. The zero-order valence-electron chi connectivity index (χ0n) is 20.1. The first kappa shape index (κ1) is 23.6. The number of piperazine rings is 1. The predicted molar refractivity (Wildman–Crippen MR) is 130 cm³/mol. The largest absolute Gasteiger partial charge is 0.493 e. The van der Waals surface area contributed by atoms with Gasteiger partial charge in [-0.05, 0) is 36.4 Å². The molecule has 2 amide bonds. The summed E-state index contributed by atoms with van der Waals surface area (Å²) in [5.41, 5.74) is 2.96. The standard InChI is InChI=1S/C25H31N5O4/c1-5-24(31)30-12-10-29(11-13-30)16-23-27-19-15-18(7-8-20(19)28(23)2)26-25(32)17-6-9-21(33-3)22(14-17)34-4/h6-9,14-15H,5,10-13,16H2,1-4H3,(H,26,32). The molecule has 4 rings (SSSR count). The molecule has 180 valence electrons. The Balaban J connectivity index is 1.45. The lowest BCUT2D eigenvalue weighted by Gasteiger charge is -2.34. The quantitative estimate of drug-likeness (QED) is 0.577. The van der Waals surface area contributed by atoms with E-state index in [1.807, 2.05) is 37.1 Å². The number of hydrogen-bond acceptors (Lipinski definition) is 6. The number of aromatic nitrogens is 2. The molecule has 0 unspecified atom stereocenters. The molecule has 0 bridgehead atoms. The summed E-state index contributed by atoms with van der Waals surface area (Å²) >= 11 is 0. The van der Waals surface area contributed by atoms with Gasteiger partial charge in [0.15, 0.2) is 11.5 Å². The Kier molecular flexibility index (Phi) is 7.02. The summed E-state index contributed by atoms with van der Waals surface area (Å²) in [4.78, 5) is 33.8. The summed E-state index contributed by atoms with van der Waals surface area (Å²) in [6, 6.07) is 10.8. The van der Waals surface area contributed by atoms with Gasteiger partial charge in [0.1, 0.15) is 5.82 Å². The Hall–Kier alpha value is -3.59. The number of carbonyl (C=O) groups is 2. The van der Waals surface area contributed by atoms with Crippen LogP contribution in [-0.2, 0) is 18.4 Å². The lowest BCUT2D eigenvalue weighted by molar-refractivity contribution is -0.132. The summed E-state index contributed by atoms with van der Waals surface area (Å²) in [5, 5.41) is 2.94. The second-order valence-corrected chi connectivity index (χ2v) is 8.32. The number of rotatable bonds is 7. The average Bonchev–Trinajstić information content (AvgIpc) is 3.17. The van der Waals surface area contributed by atoms with Crippen LogP contribution in [0.1, 0.15) is 29.5 Å². The van der Waals surface area contributed by atoms with Gasteiger partial charge in [-0.1, -0.05) is 6.92 Å². The van der Waals surface area contributed by atoms with Gasteiger partial charge >= 0.3 is 0 Å². The minimum atomic E-state index is -0.240. The van der Waals surface area contributed by atoms with Gasteiger partial charge in [0.25, 0.3) is 5.91 Å². The SMILES string of the molecule is CCC(=O)N1CCN(Cc2nc3cc(NC(=O)c4ccc(OC)c(OC)c4)ccc3n2C)CC1. The van der Waals surface area contributed by atoms with E-state index in [1.165, 1.54) is 7.11 Å². The highest BCUT2D eigenvalue weighted by molar-refractivity contribution is 6.05. The highest BCUT2D eigenvalue weighted by atomic mass is 16.5. The summed E-state index contributed by atoms with van der Waals surface area (Å²) in [6.07, 6.45) is 0.551. The molecule has 2 aromatic carbocycles. The Bertz CT molecular complexity index is 1200. The summed E-state index contributed by atoms with van der Waals surface area (Å²) in [5.74, 6) is 1.99. The van der Waals surface area contributed by atoms with Crippen molar-refractivity contribution in [1.82, 2.24) is 19.4 Å². The number of methoxy groups -OCH3 is 2. The maximum absolute atomic E-state index is 12.8. The summed E-state index contributed by atoms with van der Waals surface area (Å²) in [6.45, 7) is 5.79. The van der Waals surface area contributed by atoms with Crippen molar-refractivity contribution in [3.05, 3.63) is 47.8 Å². The number of amides is 2. The van der Waals surface area contributed by atoms with Crippen LogP contribution in [0, 0.1) is 0 Å². The first-order chi connectivity index (χ1) is 16.4. The normalized spacial score (nSPS) is 14.3. The van der Waals surface area contributed by atoms with Crippen LogP contribution in [0.25, 0.3) is 11.0 Å². The summed E-state index contributed by atoms with van der Waals surface area (Å²) < 4.78 is 12.6. The van der Waals surface area contributed by atoms with Crippen LogP contribution >= 0.6 is 0 Å². The van der Waals surface area contributed by atoms with Crippen molar-refractivity contribution in [2.45, 2.75) is 19.9 Å². The number of anilines is 1. The highest BCUT2D eigenvalue weighted by Gasteiger charge is 2.21. The third-order valence-electron chi connectivity index (χ3n) is 6.27. The van der Waals surface area contributed by atoms with Crippen LogP contribution in [0.15, 0.2) is 36.4 Å². The van der Waals surface area contributed by atoms with E-state index in [1.54, 1.807) is 25.3 Å². The molecule has 3 aromatic rings. The van der Waals surface area contributed by atoms with Gasteiger partial charge in [0.05, 0.1) is 31.8 Å². The van der Waals surface area contributed by atoms with Crippen LogP contribution in [0.4, 0.5) is 5.69 Å². The molecule has 1 aliphatic rings. The van der Waals surface area contributed by atoms with Gasteiger partial charge < -0.3 is 24.3 Å². The van der Waals surface area contributed by atoms with Gasteiger partial charge in [0, 0.05) is 50.9 Å². The molecule has 1 aliphatic heterocycles. The van der Waals surface area contributed by atoms with Crippen molar-refractivity contribution in [1.29, 1.82) is 0 Å². The fourth-order valence-electron chi connectivity index (χ4n) is 4.23. The van der Waals surface area contributed by atoms with Crippen LogP contribution in [0.5, 0.6) is 11.5 Å². The Morgan fingerprint density at radius 3 is 2.41 bits per heavy atom. The molecule has 2 heterocycles. The van der Waals surface area contributed by atoms with Crippen LogP contribution in [0.2, 0.25) is 0 Å². The second kappa shape index (κ2) is 10.1. The third-order valence-corrected chi connectivity index (χ3v) is 6.27. The molecule has 0 saturated carbocycles. The van der Waals surface area contributed by atoms with Crippen molar-refractivity contribution in [3.63, 3.8) is 0 Å². The number of hydrogen-bond donors (Lipinski definition) is 1. The minimum Gasteiger partial charge on any atom is -0.493 e. The Morgan fingerprint density at radius 2 is 1.74 bits per heavy atom. The molecule has 9 heteroatoms. The molecule has 0 spiro atoms. The van der Waals surface area contributed by atoms with Gasteiger partial charge in [0.2, 0.25) is 5.91 Å². The number of aryl methyl sites for hydroxylation is 1. The van der Waals surface area contributed by atoms with E-state index in [4.69, 9.17) is 14.5 Å². The maximum atomic E-state index is 12.8. The van der Waals surface area contributed by atoms with E-state index < -0.39 is 0 Å². The lowest BCUT2D eigenvalue weighted by atomic mass is 10.1. The van der Waals surface area contributed by atoms with Crippen molar-refractivity contribution >= 4 is 28.5 Å². The average molecular weight is 466 g/mol. The molecule has 1 aromatic heterocycles. The topological polar surface area (TPSA) is 88.9 Å². The molecule has 0 atom stereocenters. The second-order valence-electron chi connectivity index (χ2n) is 8.32. The zero-order valence-corrected chi connectivity index (χ0v) is 20.1. The molecule has 1 N–H and O–H groups in total. The molecule has 1 saturated heterocycles. The van der Waals surface area contributed by atoms with Gasteiger partial charge in [-0.25, -0.2) is 4.98 Å². The number of fused-ring (bicyclic) bond motifs is 1. The van der Waals surface area contributed by atoms with Gasteiger partial charge in [-0.2, -0.15) is 0 Å². The van der Waals surface area contributed by atoms with Crippen molar-refractivity contribution in [2.75, 3.05) is 45.7 Å². The third kappa shape index (κ3) is 4.84. The molecule has 34 heavy (non-hydrogen) atoms. The minimum absolute atomic E-state index is 0.213. The van der Waals surface area contributed by atoms with Crippen LogP contribution in [0.3, 0.4) is 0 Å². The van der Waals surface area contributed by atoms with E-state index >= 15 is 0 Å². The first-order valence-electron chi connectivity index (χ1n) is 11.4. The predicted octanol–water partition coefficient (Wildman–Crippen LogP) is 2.90. The molecular weight excluding hydrogens is 434 g/mol. The fourth-order valence-corrected chi connectivity index (χ4v) is 4.23.